The van der Waals surface area contributed by atoms with Gasteiger partial charge in [-0.05, 0) is 11.1 Å². The quantitative estimate of drug-likeness (QED) is 0.892. The first kappa shape index (κ1) is 18.4. The molecule has 0 radical (unpaired) electrons. The smallest absolute Gasteiger partial charge is 0.0615 e. The Morgan fingerprint density at radius 1 is 1.11 bits per heavy atom. The molecular formula is C14H22Cl2N2O. The summed E-state index contributed by atoms with van der Waals surface area (Å²) in [6.07, 6.45) is 3.69. The van der Waals surface area contributed by atoms with Crippen LogP contribution in [0.2, 0.25) is 0 Å². The molecule has 0 unspecified atom stereocenters. The molecular weight excluding hydrogens is 283 g/mol. The zero-order valence-electron chi connectivity index (χ0n) is 10.9. The average Bonchev–Trinajstić information content (AvgIpc) is 2.39. The summed E-state index contributed by atoms with van der Waals surface area (Å²) in [6.45, 7) is 5.58. The van der Waals surface area contributed by atoms with Gasteiger partial charge in [-0.25, -0.2) is 0 Å². The fourth-order valence-corrected chi connectivity index (χ4v) is 2.05. The molecule has 1 aliphatic rings. The molecule has 1 aromatic rings. The highest BCUT2D eigenvalue weighted by molar-refractivity contribution is 5.85. The number of halogens is 2. The third-order valence-electron chi connectivity index (χ3n) is 3.01. The Morgan fingerprint density at radius 2 is 1.74 bits per heavy atom. The van der Waals surface area contributed by atoms with E-state index in [0.29, 0.717) is 0 Å². The van der Waals surface area contributed by atoms with E-state index in [4.69, 9.17) is 5.11 Å². The molecule has 1 fully saturated rings. The van der Waals surface area contributed by atoms with Crippen molar-refractivity contribution in [1.29, 1.82) is 0 Å². The molecule has 2 rings (SSSR count). The SMILES string of the molecule is Cl.Cl.OCC=Cc1ccc(CN2CCNCC2)cc1. The van der Waals surface area contributed by atoms with E-state index in [9.17, 15) is 0 Å². The molecule has 0 atom stereocenters. The second-order valence-electron chi connectivity index (χ2n) is 4.35. The molecule has 1 heterocycles. The third kappa shape index (κ3) is 6.41. The van der Waals surface area contributed by atoms with Gasteiger partial charge in [0.1, 0.15) is 0 Å². The number of nitrogens with one attached hydrogen (secondary N) is 1. The van der Waals surface area contributed by atoms with Crippen LogP contribution in [-0.4, -0.2) is 42.8 Å². The first-order valence-corrected chi connectivity index (χ1v) is 6.18. The van der Waals surface area contributed by atoms with Gasteiger partial charge in [0.05, 0.1) is 6.61 Å². The molecule has 0 aliphatic carbocycles. The molecule has 1 aliphatic heterocycles. The van der Waals surface area contributed by atoms with E-state index in [0.717, 1.165) is 38.3 Å². The van der Waals surface area contributed by atoms with E-state index >= 15 is 0 Å². The molecule has 1 saturated heterocycles. The molecule has 1 aromatic carbocycles. The van der Waals surface area contributed by atoms with Crippen LogP contribution in [-0.2, 0) is 6.54 Å². The van der Waals surface area contributed by atoms with Crippen LogP contribution in [0.25, 0.3) is 6.08 Å². The van der Waals surface area contributed by atoms with Crippen LogP contribution in [0.4, 0.5) is 0 Å². The van der Waals surface area contributed by atoms with Crippen LogP contribution in [0, 0.1) is 0 Å². The van der Waals surface area contributed by atoms with Gasteiger partial charge in [0.2, 0.25) is 0 Å². The van der Waals surface area contributed by atoms with E-state index in [-0.39, 0.29) is 31.4 Å². The van der Waals surface area contributed by atoms with E-state index < -0.39 is 0 Å². The lowest BCUT2D eigenvalue weighted by atomic mass is 10.1. The van der Waals surface area contributed by atoms with Crippen LogP contribution in [0.3, 0.4) is 0 Å². The summed E-state index contributed by atoms with van der Waals surface area (Å²) < 4.78 is 0. The Morgan fingerprint density at radius 3 is 2.32 bits per heavy atom. The summed E-state index contributed by atoms with van der Waals surface area (Å²) in [7, 11) is 0. The Hall–Kier alpha value is -0.580. The maximum absolute atomic E-state index is 8.70. The Balaban J connectivity index is 0.00000162. The topological polar surface area (TPSA) is 35.5 Å². The number of aliphatic hydroxyl groups excluding tert-OH is 1. The fraction of sp³-hybridized carbons (Fsp3) is 0.429. The maximum Gasteiger partial charge on any atom is 0.0615 e. The number of nitrogens with zero attached hydrogens (tertiary/aromatic N) is 1. The van der Waals surface area contributed by atoms with Crippen molar-refractivity contribution in [2.75, 3.05) is 32.8 Å². The zero-order valence-corrected chi connectivity index (χ0v) is 12.6. The van der Waals surface area contributed by atoms with Crippen molar-refractivity contribution in [2.45, 2.75) is 6.54 Å². The van der Waals surface area contributed by atoms with Crippen LogP contribution in [0.1, 0.15) is 11.1 Å². The van der Waals surface area contributed by atoms with Crippen LogP contribution in [0.15, 0.2) is 30.3 Å². The number of benzene rings is 1. The summed E-state index contributed by atoms with van der Waals surface area (Å²) in [5.74, 6) is 0. The van der Waals surface area contributed by atoms with Gasteiger partial charge in [0, 0.05) is 32.7 Å². The molecule has 19 heavy (non-hydrogen) atoms. The van der Waals surface area contributed by atoms with Gasteiger partial charge in [0.15, 0.2) is 0 Å². The molecule has 3 nitrogen and oxygen atoms in total. The van der Waals surface area contributed by atoms with Gasteiger partial charge in [-0.1, -0.05) is 36.4 Å². The first-order valence-electron chi connectivity index (χ1n) is 6.18. The second-order valence-corrected chi connectivity index (χ2v) is 4.35. The summed E-state index contributed by atoms with van der Waals surface area (Å²) >= 11 is 0. The van der Waals surface area contributed by atoms with Gasteiger partial charge in [0.25, 0.3) is 0 Å². The highest BCUT2D eigenvalue weighted by atomic mass is 35.5. The molecule has 0 amide bonds. The predicted molar refractivity (Wildman–Crippen MR) is 85.2 cm³/mol. The minimum Gasteiger partial charge on any atom is -0.392 e. The van der Waals surface area contributed by atoms with Crippen molar-refractivity contribution in [1.82, 2.24) is 10.2 Å². The fourth-order valence-electron chi connectivity index (χ4n) is 2.05. The Kier molecular flexibility index (Phi) is 9.92. The highest BCUT2D eigenvalue weighted by Gasteiger charge is 2.09. The van der Waals surface area contributed by atoms with Crippen molar-refractivity contribution in [3.8, 4) is 0 Å². The van der Waals surface area contributed by atoms with E-state index in [2.05, 4.69) is 34.5 Å². The van der Waals surface area contributed by atoms with E-state index in [1.54, 1.807) is 6.08 Å². The summed E-state index contributed by atoms with van der Waals surface area (Å²) in [6, 6.07) is 8.53. The lowest BCUT2D eigenvalue weighted by Gasteiger charge is -2.27. The molecule has 0 spiro atoms. The molecule has 0 saturated carbocycles. The largest absolute Gasteiger partial charge is 0.392 e. The predicted octanol–water partition coefficient (Wildman–Crippen LogP) is 1.94. The van der Waals surface area contributed by atoms with Crippen LogP contribution < -0.4 is 5.32 Å². The van der Waals surface area contributed by atoms with Gasteiger partial charge >= 0.3 is 0 Å². The number of rotatable bonds is 4. The van der Waals surface area contributed by atoms with Crippen molar-refractivity contribution in [2.24, 2.45) is 0 Å². The lowest BCUT2D eigenvalue weighted by Crippen LogP contribution is -2.42. The van der Waals surface area contributed by atoms with Gasteiger partial charge in [-0.15, -0.1) is 24.8 Å². The normalized spacial score (nSPS) is 15.8. The first-order chi connectivity index (χ1) is 8.38. The number of hydrogen-bond donors (Lipinski definition) is 2. The average molecular weight is 305 g/mol. The number of aliphatic hydroxyl groups is 1. The summed E-state index contributed by atoms with van der Waals surface area (Å²) in [5, 5.41) is 12.1. The summed E-state index contributed by atoms with van der Waals surface area (Å²) in [5.41, 5.74) is 2.50. The third-order valence-corrected chi connectivity index (χ3v) is 3.01. The van der Waals surface area contributed by atoms with Crippen molar-refractivity contribution in [3.63, 3.8) is 0 Å². The zero-order chi connectivity index (χ0) is 11.9. The molecule has 0 bridgehead atoms. The van der Waals surface area contributed by atoms with Gasteiger partial charge in [-0.3, -0.25) is 4.90 Å². The molecule has 108 valence electrons. The second kappa shape index (κ2) is 10.2. The highest BCUT2D eigenvalue weighted by Crippen LogP contribution is 2.09. The minimum atomic E-state index is 0. The molecule has 2 N–H and O–H groups in total. The minimum absolute atomic E-state index is 0. The van der Waals surface area contributed by atoms with Crippen molar-refractivity contribution < 1.29 is 5.11 Å². The van der Waals surface area contributed by atoms with Crippen molar-refractivity contribution >= 4 is 30.9 Å². The monoisotopic (exact) mass is 304 g/mol. The molecule has 0 aromatic heterocycles. The Bertz CT molecular complexity index is 362. The number of piperazine rings is 1. The Labute approximate surface area is 127 Å². The van der Waals surface area contributed by atoms with Crippen LogP contribution >= 0.6 is 24.8 Å². The van der Waals surface area contributed by atoms with Crippen molar-refractivity contribution in [3.05, 3.63) is 41.5 Å². The van der Waals surface area contributed by atoms with E-state index in [1.807, 2.05) is 6.08 Å². The standard InChI is InChI=1S/C14H20N2O.2ClH/c17-11-1-2-13-3-5-14(6-4-13)12-16-9-7-15-8-10-16;;/h1-6,15,17H,7-12H2;2*1H. The molecule has 5 heteroatoms. The van der Waals surface area contributed by atoms with E-state index in [1.165, 1.54) is 5.56 Å². The number of hydrogen-bond acceptors (Lipinski definition) is 3. The summed E-state index contributed by atoms with van der Waals surface area (Å²) in [4.78, 5) is 2.47. The lowest BCUT2D eigenvalue weighted by molar-refractivity contribution is 0.233. The van der Waals surface area contributed by atoms with Gasteiger partial charge in [-0.2, -0.15) is 0 Å². The maximum atomic E-state index is 8.70. The van der Waals surface area contributed by atoms with Crippen LogP contribution in [0.5, 0.6) is 0 Å². The van der Waals surface area contributed by atoms with Gasteiger partial charge < -0.3 is 10.4 Å².